The number of fused-ring (bicyclic) bond motifs is 2. The Morgan fingerprint density at radius 2 is 2.27 bits per heavy atom. The van der Waals surface area contributed by atoms with Crippen LogP contribution in [0.5, 0.6) is 0 Å². The molecule has 0 aliphatic carbocycles. The molecule has 15 heavy (non-hydrogen) atoms. The first-order chi connectivity index (χ1) is 7.24. The number of rotatable bonds is 1. The van der Waals surface area contributed by atoms with Crippen LogP contribution in [0.15, 0.2) is 18.3 Å². The predicted octanol–water partition coefficient (Wildman–Crippen LogP) is 1.31. The van der Waals surface area contributed by atoms with E-state index < -0.39 is 0 Å². The molecule has 0 unspecified atom stereocenters. The molecule has 80 valence electrons. The minimum absolute atomic E-state index is 0.204. The molecule has 4 heteroatoms. The van der Waals surface area contributed by atoms with Gasteiger partial charge in [0, 0.05) is 24.2 Å². The van der Waals surface area contributed by atoms with Crippen LogP contribution in [0.2, 0.25) is 5.15 Å². The molecule has 3 nitrogen and oxygen atoms in total. The van der Waals surface area contributed by atoms with Crippen molar-refractivity contribution in [3.05, 3.63) is 29.0 Å². The number of halogens is 1. The molecule has 2 saturated heterocycles. The molecule has 3 rings (SSSR count). The fraction of sp³-hybridized carbons (Fsp3) is 0.545. The van der Waals surface area contributed by atoms with E-state index in [1.807, 2.05) is 18.3 Å². The van der Waals surface area contributed by atoms with E-state index in [1.54, 1.807) is 0 Å². The lowest BCUT2D eigenvalue weighted by atomic mass is 9.83. The maximum Gasteiger partial charge on any atom is 0.129 e. The second-order valence-electron chi connectivity index (χ2n) is 4.45. The molecule has 2 N–H and O–H groups in total. The van der Waals surface area contributed by atoms with Crippen molar-refractivity contribution in [2.24, 2.45) is 0 Å². The number of aromatic nitrogens is 1. The second-order valence-corrected chi connectivity index (χ2v) is 4.84. The second kappa shape index (κ2) is 3.44. The van der Waals surface area contributed by atoms with E-state index in [4.69, 9.17) is 11.6 Å². The average molecular weight is 225 g/mol. The Labute approximate surface area is 93.5 Å². The van der Waals surface area contributed by atoms with Gasteiger partial charge in [-0.15, -0.1) is 0 Å². The van der Waals surface area contributed by atoms with Crippen molar-refractivity contribution in [3.8, 4) is 0 Å². The average Bonchev–Trinajstić information content (AvgIpc) is 2.77. The molecule has 2 aliphatic rings. The molecule has 0 aromatic carbocycles. The van der Waals surface area contributed by atoms with Crippen LogP contribution >= 0.6 is 11.6 Å². The largest absolute Gasteiger partial charge is 0.391 e. The first-order valence-corrected chi connectivity index (χ1v) is 5.67. The van der Waals surface area contributed by atoms with Gasteiger partial charge in [0.2, 0.25) is 0 Å². The minimum atomic E-state index is -0.204. The van der Waals surface area contributed by atoms with Gasteiger partial charge in [0.1, 0.15) is 5.15 Å². The summed E-state index contributed by atoms with van der Waals surface area (Å²) in [5, 5.41) is 13.8. The fourth-order valence-electron chi connectivity index (χ4n) is 2.84. The standard InChI is InChI=1S/C11H13ClN2O/c12-10-2-1-6(5-13-10)8-3-7-4-9(15)11(8)14-7/h1-2,5,7-9,11,14-15H,3-4H2/t7-,8-,9+,11+/m1/s1. The van der Waals surface area contributed by atoms with Crippen molar-refractivity contribution in [1.82, 2.24) is 10.3 Å². The van der Waals surface area contributed by atoms with Crippen molar-refractivity contribution >= 4 is 11.6 Å². The molecule has 2 fully saturated rings. The van der Waals surface area contributed by atoms with Crippen LogP contribution in [0.1, 0.15) is 24.3 Å². The van der Waals surface area contributed by atoms with E-state index in [0.29, 0.717) is 17.1 Å². The number of pyridine rings is 1. The summed E-state index contributed by atoms with van der Waals surface area (Å²) in [7, 11) is 0. The van der Waals surface area contributed by atoms with Gasteiger partial charge in [-0.1, -0.05) is 17.7 Å². The Hall–Kier alpha value is -0.640. The van der Waals surface area contributed by atoms with E-state index >= 15 is 0 Å². The molecule has 3 heterocycles. The Morgan fingerprint density at radius 3 is 2.87 bits per heavy atom. The third-order valence-electron chi connectivity index (χ3n) is 3.52. The fourth-order valence-corrected chi connectivity index (χ4v) is 2.95. The van der Waals surface area contributed by atoms with Gasteiger partial charge in [0.25, 0.3) is 0 Å². The van der Waals surface area contributed by atoms with E-state index in [2.05, 4.69) is 10.3 Å². The zero-order chi connectivity index (χ0) is 10.4. The van der Waals surface area contributed by atoms with Crippen molar-refractivity contribution in [2.75, 3.05) is 0 Å². The molecule has 0 saturated carbocycles. The molecule has 0 amide bonds. The van der Waals surface area contributed by atoms with Gasteiger partial charge in [0.05, 0.1) is 6.10 Å². The summed E-state index contributed by atoms with van der Waals surface area (Å²) in [6.07, 6.45) is 3.61. The first-order valence-electron chi connectivity index (χ1n) is 5.29. The summed E-state index contributed by atoms with van der Waals surface area (Å²) >= 11 is 5.75. The number of hydrogen-bond donors (Lipinski definition) is 2. The summed E-state index contributed by atoms with van der Waals surface area (Å²) in [5.74, 6) is 0.392. The van der Waals surface area contributed by atoms with Crippen LogP contribution in [0.3, 0.4) is 0 Å². The van der Waals surface area contributed by atoms with Crippen LogP contribution in [-0.4, -0.2) is 28.3 Å². The molecule has 2 bridgehead atoms. The van der Waals surface area contributed by atoms with Crippen molar-refractivity contribution in [1.29, 1.82) is 0 Å². The minimum Gasteiger partial charge on any atom is -0.391 e. The number of aliphatic hydroxyl groups excluding tert-OH is 1. The van der Waals surface area contributed by atoms with Crippen molar-refractivity contribution in [2.45, 2.75) is 36.9 Å². The van der Waals surface area contributed by atoms with Gasteiger partial charge in [-0.05, 0) is 24.5 Å². The van der Waals surface area contributed by atoms with E-state index in [9.17, 15) is 5.11 Å². The van der Waals surface area contributed by atoms with Gasteiger partial charge in [-0.25, -0.2) is 4.98 Å². The lowest BCUT2D eigenvalue weighted by Crippen LogP contribution is -2.32. The highest BCUT2D eigenvalue weighted by Crippen LogP contribution is 2.39. The maximum atomic E-state index is 9.80. The highest BCUT2D eigenvalue weighted by atomic mass is 35.5. The molecular formula is C11H13ClN2O. The first kappa shape index (κ1) is 9.58. The molecule has 1 aromatic rings. The summed E-state index contributed by atoms with van der Waals surface area (Å²) in [6.45, 7) is 0. The van der Waals surface area contributed by atoms with Crippen LogP contribution < -0.4 is 5.32 Å². The van der Waals surface area contributed by atoms with E-state index in [1.165, 1.54) is 5.56 Å². The lowest BCUT2D eigenvalue weighted by molar-refractivity contribution is 0.135. The summed E-state index contributed by atoms with van der Waals surface area (Å²) in [6, 6.07) is 4.51. The van der Waals surface area contributed by atoms with Gasteiger partial charge >= 0.3 is 0 Å². The topological polar surface area (TPSA) is 45.2 Å². The van der Waals surface area contributed by atoms with Crippen LogP contribution in [-0.2, 0) is 0 Å². The quantitative estimate of drug-likeness (QED) is 0.708. The Morgan fingerprint density at radius 1 is 1.40 bits per heavy atom. The monoisotopic (exact) mass is 224 g/mol. The Balaban J connectivity index is 1.86. The third kappa shape index (κ3) is 1.55. The lowest BCUT2D eigenvalue weighted by Gasteiger charge is -2.24. The Kier molecular flexibility index (Phi) is 2.20. The van der Waals surface area contributed by atoms with Crippen LogP contribution in [0, 0.1) is 0 Å². The number of nitrogens with one attached hydrogen (secondary N) is 1. The van der Waals surface area contributed by atoms with Crippen LogP contribution in [0.25, 0.3) is 0 Å². The summed E-state index contributed by atoms with van der Waals surface area (Å²) in [5.41, 5.74) is 1.18. The van der Waals surface area contributed by atoms with E-state index in [-0.39, 0.29) is 12.1 Å². The van der Waals surface area contributed by atoms with E-state index in [0.717, 1.165) is 12.8 Å². The zero-order valence-corrected chi connectivity index (χ0v) is 8.98. The van der Waals surface area contributed by atoms with Gasteiger partial charge in [0.15, 0.2) is 0 Å². The zero-order valence-electron chi connectivity index (χ0n) is 8.23. The SMILES string of the molecule is O[C@H]1C[C@H]2C[C@H](c3ccc(Cl)nc3)[C@@H]1N2. The van der Waals surface area contributed by atoms with Gasteiger partial charge in [-0.3, -0.25) is 0 Å². The number of nitrogens with zero attached hydrogens (tertiary/aromatic N) is 1. The molecule has 2 aliphatic heterocycles. The normalized spacial score (nSPS) is 38.5. The highest BCUT2D eigenvalue weighted by Gasteiger charge is 2.45. The molecule has 0 spiro atoms. The number of aliphatic hydroxyl groups is 1. The third-order valence-corrected chi connectivity index (χ3v) is 3.74. The molecular weight excluding hydrogens is 212 g/mol. The highest BCUT2D eigenvalue weighted by molar-refractivity contribution is 6.29. The van der Waals surface area contributed by atoms with Crippen molar-refractivity contribution < 1.29 is 5.11 Å². The molecule has 4 atom stereocenters. The maximum absolute atomic E-state index is 9.80. The van der Waals surface area contributed by atoms with Crippen LogP contribution in [0.4, 0.5) is 0 Å². The van der Waals surface area contributed by atoms with Gasteiger partial charge in [-0.2, -0.15) is 0 Å². The molecule has 0 radical (unpaired) electrons. The van der Waals surface area contributed by atoms with Gasteiger partial charge < -0.3 is 10.4 Å². The summed E-state index contributed by atoms with van der Waals surface area (Å²) < 4.78 is 0. The smallest absolute Gasteiger partial charge is 0.129 e. The molecule has 1 aromatic heterocycles. The summed E-state index contributed by atoms with van der Waals surface area (Å²) in [4.78, 5) is 4.09. The van der Waals surface area contributed by atoms with Crippen molar-refractivity contribution in [3.63, 3.8) is 0 Å². The predicted molar refractivity (Wildman–Crippen MR) is 57.9 cm³/mol. The Bertz CT molecular complexity index is 367. The number of hydrogen-bond acceptors (Lipinski definition) is 3.